The van der Waals surface area contributed by atoms with Gasteiger partial charge in [-0.1, -0.05) is 31.2 Å². The largest absolute Gasteiger partial charge is 0.330 e. The molecule has 0 aliphatic heterocycles. The van der Waals surface area contributed by atoms with E-state index in [-0.39, 0.29) is 5.78 Å². The second-order valence-electron chi connectivity index (χ2n) is 3.41. The maximum Gasteiger partial charge on any atom is 0.162 e. The minimum atomic E-state index is 0.229. The van der Waals surface area contributed by atoms with Gasteiger partial charge in [0.15, 0.2) is 5.78 Å². The van der Waals surface area contributed by atoms with Crippen molar-refractivity contribution in [1.29, 1.82) is 0 Å². The number of carbonyl (C=O) groups excluding carboxylic acids is 1. The second kappa shape index (κ2) is 5.55. The van der Waals surface area contributed by atoms with Crippen molar-refractivity contribution in [3.8, 4) is 0 Å². The van der Waals surface area contributed by atoms with Gasteiger partial charge in [-0.25, -0.2) is 0 Å². The number of carbonyl (C=O) groups is 1. The number of ketones is 1. The molecule has 0 spiro atoms. The van der Waals surface area contributed by atoms with Crippen LogP contribution in [0.5, 0.6) is 0 Å². The SMILES string of the molecule is CCCC(=O)c1ccc(CCN)cc1. The number of Topliss-reactive ketones (excluding diaryl/α,β-unsaturated/α-hetero) is 1. The summed E-state index contributed by atoms with van der Waals surface area (Å²) in [5.41, 5.74) is 7.45. The van der Waals surface area contributed by atoms with Crippen LogP contribution < -0.4 is 5.73 Å². The Hall–Kier alpha value is -1.15. The first-order valence-corrected chi connectivity index (χ1v) is 5.10. The Kier molecular flexibility index (Phi) is 4.33. The molecule has 2 nitrogen and oxygen atoms in total. The molecular weight excluding hydrogens is 174 g/mol. The highest BCUT2D eigenvalue weighted by Crippen LogP contribution is 2.08. The quantitative estimate of drug-likeness (QED) is 0.725. The van der Waals surface area contributed by atoms with Crippen LogP contribution in [0.15, 0.2) is 24.3 Å². The smallest absolute Gasteiger partial charge is 0.162 e. The maximum absolute atomic E-state index is 11.5. The van der Waals surface area contributed by atoms with Crippen LogP contribution in [0.4, 0.5) is 0 Å². The minimum Gasteiger partial charge on any atom is -0.330 e. The zero-order valence-electron chi connectivity index (χ0n) is 8.62. The zero-order chi connectivity index (χ0) is 10.4. The van der Waals surface area contributed by atoms with Crippen molar-refractivity contribution < 1.29 is 4.79 Å². The van der Waals surface area contributed by atoms with Gasteiger partial charge in [-0.15, -0.1) is 0 Å². The highest BCUT2D eigenvalue weighted by Gasteiger charge is 2.03. The van der Waals surface area contributed by atoms with Crippen LogP contribution in [0.1, 0.15) is 35.7 Å². The third-order valence-electron chi connectivity index (χ3n) is 2.19. The van der Waals surface area contributed by atoms with E-state index in [1.54, 1.807) is 0 Å². The molecule has 0 saturated carbocycles. The van der Waals surface area contributed by atoms with Crippen molar-refractivity contribution in [3.05, 3.63) is 35.4 Å². The first-order valence-electron chi connectivity index (χ1n) is 5.10. The molecule has 0 heterocycles. The van der Waals surface area contributed by atoms with E-state index < -0.39 is 0 Å². The Morgan fingerprint density at radius 3 is 2.43 bits per heavy atom. The van der Waals surface area contributed by atoms with E-state index in [1.165, 1.54) is 5.56 Å². The molecule has 0 saturated heterocycles. The van der Waals surface area contributed by atoms with Gasteiger partial charge in [-0.2, -0.15) is 0 Å². The van der Waals surface area contributed by atoms with Crippen molar-refractivity contribution in [2.45, 2.75) is 26.2 Å². The van der Waals surface area contributed by atoms with Gasteiger partial charge in [0.25, 0.3) is 0 Å². The topological polar surface area (TPSA) is 43.1 Å². The fourth-order valence-electron chi connectivity index (χ4n) is 1.40. The molecule has 0 amide bonds. The number of nitrogens with two attached hydrogens (primary N) is 1. The van der Waals surface area contributed by atoms with Crippen LogP contribution in [-0.4, -0.2) is 12.3 Å². The van der Waals surface area contributed by atoms with E-state index >= 15 is 0 Å². The molecule has 0 bridgehead atoms. The van der Waals surface area contributed by atoms with Crippen LogP contribution in [-0.2, 0) is 6.42 Å². The van der Waals surface area contributed by atoms with Gasteiger partial charge in [0.05, 0.1) is 0 Å². The van der Waals surface area contributed by atoms with Crippen LogP contribution in [0.2, 0.25) is 0 Å². The molecule has 0 aromatic heterocycles. The first-order chi connectivity index (χ1) is 6.77. The standard InChI is InChI=1S/C12H17NO/c1-2-3-12(14)11-6-4-10(5-7-11)8-9-13/h4-7H,2-3,8-9,13H2,1H3. The summed E-state index contributed by atoms with van der Waals surface area (Å²) in [5, 5.41) is 0. The minimum absolute atomic E-state index is 0.229. The summed E-state index contributed by atoms with van der Waals surface area (Å²) >= 11 is 0. The Labute approximate surface area is 85.1 Å². The molecule has 2 N–H and O–H groups in total. The van der Waals surface area contributed by atoms with Gasteiger partial charge < -0.3 is 5.73 Å². The molecule has 0 radical (unpaired) electrons. The first kappa shape index (κ1) is 10.9. The predicted octanol–water partition coefficient (Wildman–Crippen LogP) is 2.17. The van der Waals surface area contributed by atoms with Crippen molar-refractivity contribution in [2.75, 3.05) is 6.54 Å². The molecule has 0 aliphatic rings. The lowest BCUT2D eigenvalue weighted by Crippen LogP contribution is -2.03. The summed E-state index contributed by atoms with van der Waals surface area (Å²) in [7, 11) is 0. The molecule has 0 unspecified atom stereocenters. The van der Waals surface area contributed by atoms with Crippen molar-refractivity contribution in [2.24, 2.45) is 5.73 Å². The molecule has 0 atom stereocenters. The Balaban J connectivity index is 2.67. The van der Waals surface area contributed by atoms with E-state index in [9.17, 15) is 4.79 Å². The van der Waals surface area contributed by atoms with Gasteiger partial charge in [0, 0.05) is 12.0 Å². The van der Waals surface area contributed by atoms with E-state index in [0.717, 1.165) is 18.4 Å². The van der Waals surface area contributed by atoms with Crippen molar-refractivity contribution >= 4 is 5.78 Å². The lowest BCUT2D eigenvalue weighted by Gasteiger charge is -2.01. The maximum atomic E-state index is 11.5. The lowest BCUT2D eigenvalue weighted by atomic mass is 10.0. The van der Waals surface area contributed by atoms with Gasteiger partial charge >= 0.3 is 0 Å². The molecule has 76 valence electrons. The van der Waals surface area contributed by atoms with Crippen LogP contribution >= 0.6 is 0 Å². The normalized spacial score (nSPS) is 10.1. The summed E-state index contributed by atoms with van der Waals surface area (Å²) in [6, 6.07) is 7.75. The number of hydrogen-bond acceptors (Lipinski definition) is 2. The highest BCUT2D eigenvalue weighted by atomic mass is 16.1. The van der Waals surface area contributed by atoms with Gasteiger partial charge in [-0.3, -0.25) is 4.79 Å². The fraction of sp³-hybridized carbons (Fsp3) is 0.417. The summed E-state index contributed by atoms with van der Waals surface area (Å²) in [4.78, 5) is 11.5. The van der Waals surface area contributed by atoms with Crippen molar-refractivity contribution in [3.63, 3.8) is 0 Å². The van der Waals surface area contributed by atoms with Gasteiger partial charge in [-0.05, 0) is 24.9 Å². The number of rotatable bonds is 5. The van der Waals surface area contributed by atoms with Crippen LogP contribution in [0, 0.1) is 0 Å². The molecular formula is C12H17NO. The highest BCUT2D eigenvalue weighted by molar-refractivity contribution is 5.95. The average molecular weight is 191 g/mol. The summed E-state index contributed by atoms with van der Waals surface area (Å²) < 4.78 is 0. The zero-order valence-corrected chi connectivity index (χ0v) is 8.62. The average Bonchev–Trinajstić information content (AvgIpc) is 2.20. The molecule has 0 aliphatic carbocycles. The second-order valence-corrected chi connectivity index (χ2v) is 3.41. The molecule has 0 fully saturated rings. The Morgan fingerprint density at radius 1 is 1.29 bits per heavy atom. The van der Waals surface area contributed by atoms with Crippen LogP contribution in [0.25, 0.3) is 0 Å². The summed E-state index contributed by atoms with van der Waals surface area (Å²) in [6.45, 7) is 2.67. The van der Waals surface area contributed by atoms with E-state index in [2.05, 4.69) is 0 Å². The number of hydrogen-bond donors (Lipinski definition) is 1. The Morgan fingerprint density at radius 2 is 1.93 bits per heavy atom. The molecule has 2 heteroatoms. The molecule has 1 aromatic carbocycles. The van der Waals surface area contributed by atoms with E-state index in [1.807, 2.05) is 31.2 Å². The van der Waals surface area contributed by atoms with E-state index in [4.69, 9.17) is 5.73 Å². The molecule has 1 rings (SSSR count). The van der Waals surface area contributed by atoms with E-state index in [0.29, 0.717) is 13.0 Å². The monoisotopic (exact) mass is 191 g/mol. The summed E-state index contributed by atoms with van der Waals surface area (Å²) in [5.74, 6) is 0.229. The van der Waals surface area contributed by atoms with Crippen molar-refractivity contribution in [1.82, 2.24) is 0 Å². The molecule has 1 aromatic rings. The lowest BCUT2D eigenvalue weighted by molar-refractivity contribution is 0.0982. The van der Waals surface area contributed by atoms with Gasteiger partial charge in [0.2, 0.25) is 0 Å². The summed E-state index contributed by atoms with van der Waals surface area (Å²) in [6.07, 6.45) is 2.42. The van der Waals surface area contributed by atoms with Gasteiger partial charge in [0.1, 0.15) is 0 Å². The third-order valence-corrected chi connectivity index (χ3v) is 2.19. The fourth-order valence-corrected chi connectivity index (χ4v) is 1.40. The third kappa shape index (κ3) is 2.96. The van der Waals surface area contributed by atoms with Crippen LogP contribution in [0.3, 0.4) is 0 Å². The number of benzene rings is 1. The predicted molar refractivity (Wildman–Crippen MR) is 58.4 cm³/mol. The Bertz CT molecular complexity index is 290. The molecule has 14 heavy (non-hydrogen) atoms.